The molecule has 0 radical (unpaired) electrons. The molecule has 0 bridgehead atoms. The van der Waals surface area contributed by atoms with Gasteiger partial charge in [-0.25, -0.2) is 0 Å². The molecule has 0 aliphatic heterocycles. The van der Waals surface area contributed by atoms with E-state index in [-0.39, 0.29) is 12.4 Å². The summed E-state index contributed by atoms with van der Waals surface area (Å²) in [6.07, 6.45) is 0. The van der Waals surface area contributed by atoms with Gasteiger partial charge in [-0.3, -0.25) is 4.79 Å². The van der Waals surface area contributed by atoms with E-state index >= 15 is 0 Å². The maximum absolute atomic E-state index is 12.3. The SMILES string of the molecule is Cc1cc(C)c(C(=O)COc2ccc(Cl)c(Cl)c2)c(C)c1. The fourth-order valence-electron chi connectivity index (χ4n) is 2.41. The Morgan fingerprint density at radius 1 is 1.00 bits per heavy atom. The predicted molar refractivity (Wildman–Crippen MR) is 86.9 cm³/mol. The van der Waals surface area contributed by atoms with E-state index in [0.717, 1.165) is 22.3 Å². The van der Waals surface area contributed by atoms with E-state index in [4.69, 9.17) is 27.9 Å². The van der Waals surface area contributed by atoms with Crippen LogP contribution >= 0.6 is 23.2 Å². The van der Waals surface area contributed by atoms with Crippen LogP contribution in [0.3, 0.4) is 0 Å². The highest BCUT2D eigenvalue weighted by molar-refractivity contribution is 6.42. The van der Waals surface area contributed by atoms with Gasteiger partial charge in [-0.2, -0.15) is 0 Å². The topological polar surface area (TPSA) is 26.3 Å². The van der Waals surface area contributed by atoms with E-state index in [9.17, 15) is 4.79 Å². The van der Waals surface area contributed by atoms with Crippen LogP contribution in [0.15, 0.2) is 30.3 Å². The highest BCUT2D eigenvalue weighted by atomic mass is 35.5. The average Bonchev–Trinajstić information content (AvgIpc) is 2.39. The van der Waals surface area contributed by atoms with Gasteiger partial charge in [-0.1, -0.05) is 40.9 Å². The minimum absolute atomic E-state index is 0.0251. The molecule has 0 aromatic heterocycles. The van der Waals surface area contributed by atoms with E-state index in [1.807, 2.05) is 32.9 Å². The van der Waals surface area contributed by atoms with Crippen molar-refractivity contribution in [1.82, 2.24) is 0 Å². The van der Waals surface area contributed by atoms with Crippen molar-refractivity contribution in [2.24, 2.45) is 0 Å². The third kappa shape index (κ3) is 3.78. The first-order valence-corrected chi connectivity index (χ1v) is 7.33. The third-order valence-electron chi connectivity index (χ3n) is 3.22. The van der Waals surface area contributed by atoms with Gasteiger partial charge in [-0.05, 0) is 44.0 Å². The Kier molecular flexibility index (Phi) is 4.92. The number of carbonyl (C=O) groups excluding carboxylic acids is 1. The van der Waals surface area contributed by atoms with Crippen molar-refractivity contribution in [2.45, 2.75) is 20.8 Å². The highest BCUT2D eigenvalue weighted by Gasteiger charge is 2.13. The predicted octanol–water partition coefficient (Wildman–Crippen LogP) is 5.18. The number of ketones is 1. The Hall–Kier alpha value is -1.51. The Labute approximate surface area is 134 Å². The van der Waals surface area contributed by atoms with Crippen LogP contribution in [-0.4, -0.2) is 12.4 Å². The second kappa shape index (κ2) is 6.50. The van der Waals surface area contributed by atoms with Crippen molar-refractivity contribution in [3.8, 4) is 5.75 Å². The number of halogens is 2. The fourth-order valence-corrected chi connectivity index (χ4v) is 2.70. The van der Waals surface area contributed by atoms with Gasteiger partial charge >= 0.3 is 0 Å². The fraction of sp³-hybridized carbons (Fsp3) is 0.235. The summed E-state index contributed by atoms with van der Waals surface area (Å²) in [6, 6.07) is 8.94. The maximum Gasteiger partial charge on any atom is 0.200 e. The molecule has 0 N–H and O–H groups in total. The summed E-state index contributed by atoms with van der Waals surface area (Å²) in [7, 11) is 0. The second-order valence-electron chi connectivity index (χ2n) is 5.06. The monoisotopic (exact) mass is 322 g/mol. The summed E-state index contributed by atoms with van der Waals surface area (Å²) < 4.78 is 5.51. The molecule has 0 atom stereocenters. The van der Waals surface area contributed by atoms with Crippen molar-refractivity contribution < 1.29 is 9.53 Å². The molecule has 0 aliphatic rings. The van der Waals surface area contributed by atoms with Gasteiger partial charge in [-0.15, -0.1) is 0 Å². The van der Waals surface area contributed by atoms with E-state index in [0.29, 0.717) is 15.8 Å². The van der Waals surface area contributed by atoms with Gasteiger partial charge in [0.2, 0.25) is 5.78 Å². The summed E-state index contributed by atoms with van der Waals surface area (Å²) in [5, 5.41) is 0.866. The number of rotatable bonds is 4. The molecule has 110 valence electrons. The standard InChI is InChI=1S/C17H16Cl2O2/c1-10-6-11(2)17(12(3)7-10)16(20)9-21-13-4-5-14(18)15(19)8-13/h4-8H,9H2,1-3H3. The normalized spacial score (nSPS) is 10.5. The van der Waals surface area contributed by atoms with Crippen LogP contribution in [0.1, 0.15) is 27.0 Å². The number of hydrogen-bond donors (Lipinski definition) is 0. The number of ether oxygens (including phenoxy) is 1. The zero-order valence-electron chi connectivity index (χ0n) is 12.2. The molecule has 2 rings (SSSR count). The number of hydrogen-bond acceptors (Lipinski definition) is 2. The summed E-state index contributed by atoms with van der Waals surface area (Å²) >= 11 is 11.8. The lowest BCUT2D eigenvalue weighted by atomic mass is 9.97. The van der Waals surface area contributed by atoms with Gasteiger partial charge in [0.25, 0.3) is 0 Å². The zero-order valence-corrected chi connectivity index (χ0v) is 13.7. The smallest absolute Gasteiger partial charge is 0.200 e. The summed E-state index contributed by atoms with van der Waals surface area (Å²) in [5.74, 6) is 0.483. The molecule has 2 nitrogen and oxygen atoms in total. The van der Waals surface area contributed by atoms with Gasteiger partial charge < -0.3 is 4.74 Å². The Balaban J connectivity index is 2.13. The number of aryl methyl sites for hydroxylation is 3. The van der Waals surface area contributed by atoms with Crippen LogP contribution in [0.2, 0.25) is 10.0 Å². The van der Waals surface area contributed by atoms with Crippen LogP contribution in [-0.2, 0) is 0 Å². The van der Waals surface area contributed by atoms with Crippen molar-refractivity contribution in [2.75, 3.05) is 6.61 Å². The number of Topliss-reactive ketones (excluding diaryl/α,β-unsaturated/α-hetero) is 1. The molecule has 0 saturated carbocycles. The highest BCUT2D eigenvalue weighted by Crippen LogP contribution is 2.26. The van der Waals surface area contributed by atoms with Crippen LogP contribution in [0.4, 0.5) is 0 Å². The number of carbonyl (C=O) groups is 1. The lowest BCUT2D eigenvalue weighted by Gasteiger charge is -2.11. The zero-order chi connectivity index (χ0) is 15.6. The lowest BCUT2D eigenvalue weighted by Crippen LogP contribution is -2.14. The summed E-state index contributed by atoms with van der Waals surface area (Å²) in [5.41, 5.74) is 3.80. The quantitative estimate of drug-likeness (QED) is 0.725. The van der Waals surface area contributed by atoms with Crippen molar-refractivity contribution >= 4 is 29.0 Å². The van der Waals surface area contributed by atoms with E-state index in [2.05, 4.69) is 0 Å². The minimum Gasteiger partial charge on any atom is -0.485 e. The molecule has 0 fully saturated rings. The second-order valence-corrected chi connectivity index (χ2v) is 5.88. The molecular formula is C17H16Cl2O2. The van der Waals surface area contributed by atoms with Crippen LogP contribution in [0.5, 0.6) is 5.75 Å². The van der Waals surface area contributed by atoms with Gasteiger partial charge in [0.05, 0.1) is 10.0 Å². The third-order valence-corrected chi connectivity index (χ3v) is 3.96. The molecule has 21 heavy (non-hydrogen) atoms. The van der Waals surface area contributed by atoms with Gasteiger partial charge in [0.15, 0.2) is 6.61 Å². The minimum atomic E-state index is -0.0453. The molecule has 0 spiro atoms. The summed E-state index contributed by atoms with van der Waals surface area (Å²) in [4.78, 5) is 12.3. The Morgan fingerprint density at radius 2 is 1.62 bits per heavy atom. The molecule has 2 aromatic rings. The Bertz CT molecular complexity index is 670. The molecule has 0 amide bonds. The van der Waals surface area contributed by atoms with E-state index in [1.54, 1.807) is 18.2 Å². The van der Waals surface area contributed by atoms with Gasteiger partial charge in [0.1, 0.15) is 5.75 Å². The van der Waals surface area contributed by atoms with E-state index < -0.39 is 0 Å². The van der Waals surface area contributed by atoms with Crippen LogP contribution in [0.25, 0.3) is 0 Å². The van der Waals surface area contributed by atoms with Gasteiger partial charge in [0, 0.05) is 11.6 Å². The number of benzene rings is 2. The molecular weight excluding hydrogens is 307 g/mol. The van der Waals surface area contributed by atoms with Crippen LogP contribution < -0.4 is 4.74 Å². The molecule has 0 aliphatic carbocycles. The van der Waals surface area contributed by atoms with Crippen molar-refractivity contribution in [3.63, 3.8) is 0 Å². The Morgan fingerprint density at radius 3 is 2.19 bits per heavy atom. The first-order valence-electron chi connectivity index (χ1n) is 6.57. The summed E-state index contributed by atoms with van der Waals surface area (Å²) in [6.45, 7) is 5.86. The molecule has 0 unspecified atom stereocenters. The van der Waals surface area contributed by atoms with E-state index in [1.165, 1.54) is 0 Å². The molecule has 0 saturated heterocycles. The first-order chi connectivity index (χ1) is 9.88. The van der Waals surface area contributed by atoms with Crippen molar-refractivity contribution in [1.29, 1.82) is 0 Å². The molecule has 4 heteroatoms. The average molecular weight is 323 g/mol. The maximum atomic E-state index is 12.3. The molecule has 2 aromatic carbocycles. The molecule has 0 heterocycles. The van der Waals surface area contributed by atoms with Crippen LogP contribution in [0, 0.1) is 20.8 Å². The largest absolute Gasteiger partial charge is 0.485 e. The first kappa shape index (κ1) is 15.9. The van der Waals surface area contributed by atoms with Crippen molar-refractivity contribution in [3.05, 3.63) is 62.6 Å². The lowest BCUT2D eigenvalue weighted by molar-refractivity contribution is 0.0920.